The number of nitro groups is 1. The molecule has 1 aromatic carbocycles. The Kier molecular flexibility index (Phi) is 3.83. The number of halogens is 1. The van der Waals surface area contributed by atoms with Gasteiger partial charge in [-0.3, -0.25) is 15.2 Å². The van der Waals surface area contributed by atoms with Gasteiger partial charge in [0, 0.05) is 23.4 Å². The molecule has 0 aliphatic carbocycles. The molecule has 2 aromatic rings. The molecule has 6 nitrogen and oxygen atoms in total. The van der Waals surface area contributed by atoms with Crippen molar-refractivity contribution < 1.29 is 4.92 Å². The first-order valence-corrected chi connectivity index (χ1v) is 6.32. The van der Waals surface area contributed by atoms with Crippen LogP contribution < -0.4 is 0 Å². The van der Waals surface area contributed by atoms with Crippen molar-refractivity contribution in [3.8, 4) is 0 Å². The van der Waals surface area contributed by atoms with Gasteiger partial charge in [0.2, 0.25) is 5.16 Å². The van der Waals surface area contributed by atoms with Crippen LogP contribution >= 0.6 is 23.4 Å². The number of benzene rings is 1. The molecular formula is C10H9ClN4O2S. The van der Waals surface area contributed by atoms with Crippen LogP contribution in [0.3, 0.4) is 0 Å². The number of aromatic amines is 1. The summed E-state index contributed by atoms with van der Waals surface area (Å²) in [5, 5.41) is 18.2. The molecule has 1 aromatic heterocycles. The summed E-state index contributed by atoms with van der Waals surface area (Å²) >= 11 is 7.24. The van der Waals surface area contributed by atoms with Crippen LogP contribution in [0.2, 0.25) is 5.02 Å². The van der Waals surface area contributed by atoms with Gasteiger partial charge in [0.15, 0.2) is 0 Å². The quantitative estimate of drug-likeness (QED) is 0.689. The molecule has 8 heteroatoms. The maximum atomic E-state index is 10.6. The average molecular weight is 285 g/mol. The van der Waals surface area contributed by atoms with E-state index in [0.29, 0.717) is 15.1 Å². The second-order valence-electron chi connectivity index (χ2n) is 3.39. The summed E-state index contributed by atoms with van der Waals surface area (Å²) in [5.41, 5.74) is -0.0337. The van der Waals surface area contributed by atoms with Crippen molar-refractivity contribution >= 4 is 29.1 Å². The van der Waals surface area contributed by atoms with Crippen LogP contribution in [0.4, 0.5) is 5.69 Å². The fourth-order valence-electron chi connectivity index (χ4n) is 1.27. The Hall–Kier alpha value is -1.60. The predicted octanol–water partition coefficient (Wildman–Crippen LogP) is 3.08. The van der Waals surface area contributed by atoms with E-state index < -0.39 is 4.92 Å². The third-order valence-electron chi connectivity index (χ3n) is 2.17. The molecule has 0 fully saturated rings. The van der Waals surface area contributed by atoms with Crippen LogP contribution in [0.25, 0.3) is 0 Å². The van der Waals surface area contributed by atoms with Crippen LogP contribution in [0.5, 0.6) is 0 Å². The van der Waals surface area contributed by atoms with E-state index in [9.17, 15) is 10.1 Å². The first-order valence-electron chi connectivity index (χ1n) is 5.13. The lowest BCUT2D eigenvalue weighted by molar-refractivity contribution is -0.384. The largest absolute Gasteiger partial charge is 0.270 e. The number of nitro benzene ring substituents is 1. The van der Waals surface area contributed by atoms with Crippen molar-refractivity contribution in [1.82, 2.24) is 15.2 Å². The summed E-state index contributed by atoms with van der Waals surface area (Å²) in [7, 11) is 0. The van der Waals surface area contributed by atoms with E-state index in [1.165, 1.54) is 23.9 Å². The molecule has 0 spiro atoms. The van der Waals surface area contributed by atoms with E-state index in [0.717, 1.165) is 12.2 Å². The zero-order valence-corrected chi connectivity index (χ0v) is 11.0. The number of rotatable bonds is 4. The summed E-state index contributed by atoms with van der Waals surface area (Å²) in [6.07, 6.45) is 0.765. The first-order chi connectivity index (χ1) is 8.60. The van der Waals surface area contributed by atoms with Gasteiger partial charge in [-0.15, -0.1) is 5.10 Å². The Balaban J connectivity index is 2.21. The standard InChI is InChI=1S/C10H9ClN4O2S/c1-2-9-12-10(14-13-9)18-8-4-3-6(15(16)17)5-7(8)11/h3-5H,2H2,1H3,(H,12,13,14). The Morgan fingerprint density at radius 2 is 2.33 bits per heavy atom. The van der Waals surface area contributed by atoms with Gasteiger partial charge in [-0.2, -0.15) is 0 Å². The van der Waals surface area contributed by atoms with Crippen LogP contribution in [0.15, 0.2) is 28.3 Å². The number of hydrogen-bond donors (Lipinski definition) is 1. The summed E-state index contributed by atoms with van der Waals surface area (Å²) in [6.45, 7) is 1.97. The van der Waals surface area contributed by atoms with E-state index in [1.807, 2.05) is 6.92 Å². The Morgan fingerprint density at radius 1 is 1.56 bits per heavy atom. The molecule has 0 aliphatic rings. The highest BCUT2D eigenvalue weighted by molar-refractivity contribution is 7.99. The molecule has 2 rings (SSSR count). The van der Waals surface area contributed by atoms with Gasteiger partial charge >= 0.3 is 0 Å². The molecule has 0 aliphatic heterocycles. The minimum atomic E-state index is -0.484. The zero-order chi connectivity index (χ0) is 13.1. The van der Waals surface area contributed by atoms with Crippen LogP contribution in [0, 0.1) is 10.1 Å². The van der Waals surface area contributed by atoms with Gasteiger partial charge in [0.1, 0.15) is 5.82 Å². The maximum absolute atomic E-state index is 10.6. The number of aromatic nitrogens is 3. The zero-order valence-electron chi connectivity index (χ0n) is 9.38. The number of hydrogen-bond acceptors (Lipinski definition) is 5. The minimum Gasteiger partial charge on any atom is -0.262 e. The number of non-ortho nitro benzene ring substituents is 1. The Labute approximate surface area is 112 Å². The Bertz CT molecular complexity index is 587. The molecule has 0 amide bonds. The molecule has 1 N–H and O–H groups in total. The smallest absolute Gasteiger partial charge is 0.262 e. The SMILES string of the molecule is CCc1nc(Sc2ccc([N+](=O)[O-])cc2Cl)n[nH]1. The molecule has 0 radical (unpaired) electrons. The third-order valence-corrected chi connectivity index (χ3v) is 3.54. The number of aryl methyl sites for hydroxylation is 1. The molecule has 0 unspecified atom stereocenters. The second kappa shape index (κ2) is 5.36. The summed E-state index contributed by atoms with van der Waals surface area (Å²) in [6, 6.07) is 4.31. The van der Waals surface area contributed by atoms with Gasteiger partial charge in [-0.25, -0.2) is 4.98 Å². The normalized spacial score (nSPS) is 10.6. The van der Waals surface area contributed by atoms with Crippen molar-refractivity contribution in [1.29, 1.82) is 0 Å². The molecule has 94 valence electrons. The van der Waals surface area contributed by atoms with E-state index in [1.54, 1.807) is 6.07 Å². The topological polar surface area (TPSA) is 84.7 Å². The lowest BCUT2D eigenvalue weighted by Gasteiger charge is -2.00. The number of nitrogens with one attached hydrogen (secondary N) is 1. The molecule has 0 saturated carbocycles. The monoisotopic (exact) mass is 284 g/mol. The molecular weight excluding hydrogens is 276 g/mol. The summed E-state index contributed by atoms with van der Waals surface area (Å²) in [5.74, 6) is 0.788. The highest BCUT2D eigenvalue weighted by Crippen LogP contribution is 2.33. The third kappa shape index (κ3) is 2.80. The summed E-state index contributed by atoms with van der Waals surface area (Å²) < 4.78 is 0. The van der Waals surface area contributed by atoms with Crippen molar-refractivity contribution in [2.75, 3.05) is 0 Å². The van der Waals surface area contributed by atoms with Gasteiger partial charge in [-0.05, 0) is 17.8 Å². The molecule has 18 heavy (non-hydrogen) atoms. The first kappa shape index (κ1) is 12.8. The number of nitrogens with zero attached hydrogens (tertiary/aromatic N) is 3. The van der Waals surface area contributed by atoms with E-state index >= 15 is 0 Å². The van der Waals surface area contributed by atoms with E-state index in [-0.39, 0.29) is 5.69 Å². The second-order valence-corrected chi connectivity index (χ2v) is 4.81. The van der Waals surface area contributed by atoms with E-state index in [2.05, 4.69) is 15.2 Å². The van der Waals surface area contributed by atoms with Crippen molar-refractivity contribution in [2.45, 2.75) is 23.4 Å². The van der Waals surface area contributed by atoms with Crippen molar-refractivity contribution in [3.63, 3.8) is 0 Å². The predicted molar refractivity (Wildman–Crippen MR) is 68.0 cm³/mol. The highest BCUT2D eigenvalue weighted by atomic mass is 35.5. The Morgan fingerprint density at radius 3 is 2.89 bits per heavy atom. The molecule has 1 heterocycles. The fraction of sp³-hybridized carbons (Fsp3) is 0.200. The van der Waals surface area contributed by atoms with Crippen LogP contribution in [-0.4, -0.2) is 20.1 Å². The molecule has 0 saturated heterocycles. The lowest BCUT2D eigenvalue weighted by Crippen LogP contribution is -1.88. The van der Waals surface area contributed by atoms with Gasteiger partial charge < -0.3 is 0 Å². The van der Waals surface area contributed by atoms with Crippen LogP contribution in [-0.2, 0) is 6.42 Å². The lowest BCUT2D eigenvalue weighted by atomic mass is 10.3. The van der Waals surface area contributed by atoms with Gasteiger partial charge in [0.25, 0.3) is 5.69 Å². The van der Waals surface area contributed by atoms with Gasteiger partial charge in [-0.1, -0.05) is 18.5 Å². The number of H-pyrrole nitrogens is 1. The highest BCUT2D eigenvalue weighted by Gasteiger charge is 2.12. The average Bonchev–Trinajstić information content (AvgIpc) is 2.79. The van der Waals surface area contributed by atoms with Crippen molar-refractivity contribution in [2.24, 2.45) is 0 Å². The fourth-order valence-corrected chi connectivity index (χ4v) is 2.29. The van der Waals surface area contributed by atoms with Crippen molar-refractivity contribution in [3.05, 3.63) is 39.2 Å². The molecule has 0 bridgehead atoms. The van der Waals surface area contributed by atoms with E-state index in [4.69, 9.17) is 11.6 Å². The molecule has 0 atom stereocenters. The summed E-state index contributed by atoms with van der Waals surface area (Å²) in [4.78, 5) is 15.0. The van der Waals surface area contributed by atoms with Gasteiger partial charge in [0.05, 0.1) is 9.95 Å². The maximum Gasteiger partial charge on any atom is 0.270 e. The minimum absolute atomic E-state index is 0.0337. The van der Waals surface area contributed by atoms with Crippen LogP contribution in [0.1, 0.15) is 12.7 Å².